The highest BCUT2D eigenvalue weighted by atomic mass is 32.2. The van der Waals surface area contributed by atoms with Crippen LogP contribution in [0.5, 0.6) is 0 Å². The fourth-order valence-electron chi connectivity index (χ4n) is 1.81. The molecule has 0 aromatic rings. The summed E-state index contributed by atoms with van der Waals surface area (Å²) in [6.07, 6.45) is 4.65. The zero-order valence-corrected chi connectivity index (χ0v) is 8.10. The van der Waals surface area contributed by atoms with Gasteiger partial charge in [0, 0.05) is 6.04 Å². The minimum absolute atomic E-state index is 0.0116. The molecule has 0 unspecified atom stereocenters. The monoisotopic (exact) mass is 192 g/mol. The average Bonchev–Trinajstić information content (AvgIpc) is 2.32. The van der Waals surface area contributed by atoms with Gasteiger partial charge in [-0.25, -0.2) is 5.14 Å². The van der Waals surface area contributed by atoms with Gasteiger partial charge in [0.15, 0.2) is 0 Å². The van der Waals surface area contributed by atoms with Crippen molar-refractivity contribution in [3.63, 3.8) is 0 Å². The molecular weight excluding hydrogens is 176 g/mol. The molecule has 4 nitrogen and oxygen atoms in total. The van der Waals surface area contributed by atoms with Crippen LogP contribution >= 0.6 is 0 Å². The molecule has 1 atom stereocenters. The van der Waals surface area contributed by atoms with Gasteiger partial charge in [0.05, 0.1) is 0 Å². The predicted molar refractivity (Wildman–Crippen MR) is 47.7 cm³/mol. The minimum Gasteiger partial charge on any atom is -0.216 e. The standard InChI is InChI=1S/C7H16N2O2S/c1-6(9-12(8,10)11)7-4-2-3-5-7/h6-7,9H,2-5H2,1H3,(H2,8,10,11)/t6-/m1/s1. The van der Waals surface area contributed by atoms with E-state index in [1.807, 2.05) is 6.92 Å². The van der Waals surface area contributed by atoms with Crippen LogP contribution < -0.4 is 9.86 Å². The third-order valence-corrected chi connectivity index (χ3v) is 3.16. The molecule has 0 radical (unpaired) electrons. The molecule has 1 aliphatic rings. The van der Waals surface area contributed by atoms with E-state index in [-0.39, 0.29) is 6.04 Å². The van der Waals surface area contributed by atoms with Crippen molar-refractivity contribution >= 4 is 10.2 Å². The Morgan fingerprint density at radius 1 is 1.42 bits per heavy atom. The van der Waals surface area contributed by atoms with Crippen LogP contribution in [0.25, 0.3) is 0 Å². The molecule has 0 aromatic heterocycles. The van der Waals surface area contributed by atoms with Crippen molar-refractivity contribution in [2.75, 3.05) is 0 Å². The Morgan fingerprint density at radius 3 is 2.33 bits per heavy atom. The fourth-order valence-corrected chi connectivity index (χ4v) is 2.52. The lowest BCUT2D eigenvalue weighted by Crippen LogP contribution is -2.41. The summed E-state index contributed by atoms with van der Waals surface area (Å²) in [5.41, 5.74) is 0. The summed E-state index contributed by atoms with van der Waals surface area (Å²) in [7, 11) is -3.51. The molecule has 5 heteroatoms. The lowest BCUT2D eigenvalue weighted by molar-refractivity contribution is 0.424. The summed E-state index contributed by atoms with van der Waals surface area (Å²) in [5.74, 6) is 0.475. The summed E-state index contributed by atoms with van der Waals surface area (Å²) in [6.45, 7) is 1.88. The van der Waals surface area contributed by atoms with Gasteiger partial charge in [-0.1, -0.05) is 12.8 Å². The van der Waals surface area contributed by atoms with Crippen molar-refractivity contribution in [1.29, 1.82) is 0 Å². The van der Waals surface area contributed by atoms with E-state index < -0.39 is 10.2 Å². The summed E-state index contributed by atoms with van der Waals surface area (Å²) >= 11 is 0. The molecule has 3 N–H and O–H groups in total. The zero-order valence-electron chi connectivity index (χ0n) is 7.29. The first kappa shape index (κ1) is 9.95. The van der Waals surface area contributed by atoms with Gasteiger partial charge in [0.1, 0.15) is 0 Å². The van der Waals surface area contributed by atoms with E-state index in [4.69, 9.17) is 5.14 Å². The van der Waals surface area contributed by atoms with Crippen LogP contribution in [0.4, 0.5) is 0 Å². The number of hydrogen-bond donors (Lipinski definition) is 2. The van der Waals surface area contributed by atoms with E-state index in [0.29, 0.717) is 5.92 Å². The van der Waals surface area contributed by atoms with Crippen molar-refractivity contribution in [1.82, 2.24) is 4.72 Å². The second-order valence-electron chi connectivity index (χ2n) is 3.50. The van der Waals surface area contributed by atoms with Crippen molar-refractivity contribution in [2.45, 2.75) is 38.6 Å². The topological polar surface area (TPSA) is 72.2 Å². The Morgan fingerprint density at radius 2 is 1.92 bits per heavy atom. The number of hydrogen-bond acceptors (Lipinski definition) is 2. The maximum absolute atomic E-state index is 10.7. The molecular formula is C7H16N2O2S. The second kappa shape index (κ2) is 3.72. The number of rotatable bonds is 3. The van der Waals surface area contributed by atoms with Crippen LogP contribution in [0, 0.1) is 5.92 Å². The zero-order chi connectivity index (χ0) is 9.19. The molecule has 0 bridgehead atoms. The Kier molecular flexibility index (Phi) is 3.09. The SMILES string of the molecule is C[C@@H](NS(N)(=O)=O)C1CCCC1. The lowest BCUT2D eigenvalue weighted by Gasteiger charge is -2.18. The Bertz CT molecular complexity index is 232. The minimum atomic E-state index is -3.51. The molecule has 1 fully saturated rings. The van der Waals surface area contributed by atoms with Gasteiger partial charge in [0.25, 0.3) is 10.2 Å². The third-order valence-electron chi connectivity index (χ3n) is 2.46. The van der Waals surface area contributed by atoms with Gasteiger partial charge in [-0.05, 0) is 25.7 Å². The first-order valence-corrected chi connectivity index (χ1v) is 5.84. The Hall–Kier alpha value is -0.130. The summed E-state index contributed by atoms with van der Waals surface area (Å²) in [4.78, 5) is 0. The van der Waals surface area contributed by atoms with Crippen LogP contribution in [0.15, 0.2) is 0 Å². The number of nitrogens with one attached hydrogen (secondary N) is 1. The summed E-state index contributed by atoms with van der Waals surface area (Å²) in [6, 6.07) is -0.0116. The first-order valence-electron chi connectivity index (χ1n) is 4.29. The molecule has 1 saturated carbocycles. The summed E-state index contributed by atoms with van der Waals surface area (Å²) in [5, 5.41) is 4.87. The van der Waals surface area contributed by atoms with Crippen LogP contribution in [-0.2, 0) is 10.2 Å². The molecule has 0 saturated heterocycles. The van der Waals surface area contributed by atoms with Gasteiger partial charge >= 0.3 is 0 Å². The molecule has 0 spiro atoms. The highest BCUT2D eigenvalue weighted by Gasteiger charge is 2.23. The maximum atomic E-state index is 10.7. The number of nitrogens with two attached hydrogens (primary N) is 1. The Labute approximate surface area is 73.7 Å². The van der Waals surface area contributed by atoms with E-state index in [1.165, 1.54) is 12.8 Å². The average molecular weight is 192 g/mol. The highest BCUT2D eigenvalue weighted by molar-refractivity contribution is 7.87. The van der Waals surface area contributed by atoms with Crippen LogP contribution in [0.1, 0.15) is 32.6 Å². The van der Waals surface area contributed by atoms with Gasteiger partial charge in [-0.3, -0.25) is 0 Å². The molecule has 1 aliphatic carbocycles. The molecule has 72 valence electrons. The molecule has 1 rings (SSSR count). The summed E-state index contributed by atoms with van der Waals surface area (Å²) < 4.78 is 23.7. The normalized spacial score (nSPS) is 22.8. The van der Waals surface area contributed by atoms with Gasteiger partial charge in [-0.15, -0.1) is 0 Å². The van der Waals surface area contributed by atoms with Gasteiger partial charge in [-0.2, -0.15) is 13.1 Å². The highest BCUT2D eigenvalue weighted by Crippen LogP contribution is 2.27. The maximum Gasteiger partial charge on any atom is 0.274 e. The van der Waals surface area contributed by atoms with E-state index in [0.717, 1.165) is 12.8 Å². The van der Waals surface area contributed by atoms with E-state index in [9.17, 15) is 8.42 Å². The Balaban J connectivity index is 2.42. The van der Waals surface area contributed by atoms with Gasteiger partial charge < -0.3 is 0 Å². The van der Waals surface area contributed by atoms with E-state index >= 15 is 0 Å². The second-order valence-corrected chi connectivity index (χ2v) is 4.82. The van der Waals surface area contributed by atoms with Crippen molar-refractivity contribution < 1.29 is 8.42 Å². The van der Waals surface area contributed by atoms with Crippen LogP contribution in [0.2, 0.25) is 0 Å². The van der Waals surface area contributed by atoms with Gasteiger partial charge in [0.2, 0.25) is 0 Å². The first-order chi connectivity index (χ1) is 5.49. The molecule has 12 heavy (non-hydrogen) atoms. The molecule has 0 heterocycles. The quantitative estimate of drug-likeness (QED) is 0.677. The van der Waals surface area contributed by atoms with Crippen molar-refractivity contribution in [3.8, 4) is 0 Å². The van der Waals surface area contributed by atoms with Crippen LogP contribution in [0.3, 0.4) is 0 Å². The molecule has 0 amide bonds. The molecule has 0 aromatic carbocycles. The predicted octanol–water partition coefficient (Wildman–Crippen LogP) is 0.358. The smallest absolute Gasteiger partial charge is 0.216 e. The fraction of sp³-hybridized carbons (Fsp3) is 1.00. The molecule has 0 aliphatic heterocycles. The third kappa shape index (κ3) is 3.08. The largest absolute Gasteiger partial charge is 0.274 e. The van der Waals surface area contributed by atoms with E-state index in [2.05, 4.69) is 4.72 Å². The van der Waals surface area contributed by atoms with Crippen molar-refractivity contribution in [2.24, 2.45) is 11.1 Å². The van der Waals surface area contributed by atoms with Crippen molar-refractivity contribution in [3.05, 3.63) is 0 Å². The van der Waals surface area contributed by atoms with E-state index in [1.54, 1.807) is 0 Å². The lowest BCUT2D eigenvalue weighted by atomic mass is 10.0. The van der Waals surface area contributed by atoms with Crippen LogP contribution in [-0.4, -0.2) is 14.5 Å².